The molecular weight excluding hydrogens is 352 g/mol. The summed E-state index contributed by atoms with van der Waals surface area (Å²) in [5.74, 6) is 0.271. The molecule has 1 saturated heterocycles. The van der Waals surface area contributed by atoms with Crippen LogP contribution in [0.5, 0.6) is 5.75 Å². The number of para-hydroxylation sites is 1. The van der Waals surface area contributed by atoms with Crippen LogP contribution in [0.2, 0.25) is 0 Å². The van der Waals surface area contributed by atoms with Crippen molar-refractivity contribution in [3.8, 4) is 5.75 Å². The van der Waals surface area contributed by atoms with Crippen LogP contribution in [-0.4, -0.2) is 43.7 Å². The maximum Gasteiger partial charge on any atom is 0.285 e. The van der Waals surface area contributed by atoms with Gasteiger partial charge in [-0.15, -0.1) is 4.40 Å². The molecule has 2 aromatic carbocycles. The number of rotatable bonds is 4. The van der Waals surface area contributed by atoms with E-state index in [4.69, 9.17) is 0 Å². The lowest BCUT2D eigenvalue weighted by Gasteiger charge is -2.18. The number of phenolic OH excluding ortho intramolecular Hbond substituents is 1. The molecule has 0 saturated carbocycles. The van der Waals surface area contributed by atoms with Gasteiger partial charge in [-0.3, -0.25) is 0 Å². The van der Waals surface area contributed by atoms with Crippen LogP contribution >= 0.6 is 0 Å². The smallest absolute Gasteiger partial charge is 0.285 e. The second-order valence-electron chi connectivity index (χ2n) is 5.83. The summed E-state index contributed by atoms with van der Waals surface area (Å²) >= 11 is 0. The Hall–Kier alpha value is -2.87. The third-order valence-corrected chi connectivity index (χ3v) is 5.24. The first kappa shape index (κ1) is 17.9. The van der Waals surface area contributed by atoms with Crippen molar-refractivity contribution >= 4 is 22.2 Å². The van der Waals surface area contributed by atoms with Crippen LogP contribution in [0.15, 0.2) is 69.0 Å². The fraction of sp³-hybridized carbons (Fsp3) is 0.222. The van der Waals surface area contributed by atoms with Crippen molar-refractivity contribution in [2.24, 2.45) is 9.50 Å². The quantitative estimate of drug-likeness (QED) is 0.487. The van der Waals surface area contributed by atoms with E-state index in [1.165, 1.54) is 18.3 Å². The average molecular weight is 372 g/mol. The standard InChI is InChI=1S/C18H20N4O3S/c23-17-11-5-4-8-15(17)14-19-20-18(22-12-6-7-13-22)21-26(24,25)16-9-2-1-3-10-16/h1-5,8-11,14,23H,6-7,12-13H2,(H,20,21)/b19-14+. The number of sulfonamides is 1. The molecule has 7 nitrogen and oxygen atoms in total. The molecule has 0 bridgehead atoms. The molecular formula is C18H20N4O3S. The predicted molar refractivity (Wildman–Crippen MR) is 101 cm³/mol. The molecule has 0 atom stereocenters. The zero-order valence-corrected chi connectivity index (χ0v) is 14.9. The highest BCUT2D eigenvalue weighted by atomic mass is 32.2. The first-order valence-electron chi connectivity index (χ1n) is 8.28. The van der Waals surface area contributed by atoms with Gasteiger partial charge in [-0.25, -0.2) is 5.43 Å². The fourth-order valence-electron chi connectivity index (χ4n) is 2.59. The van der Waals surface area contributed by atoms with Gasteiger partial charge in [0.2, 0.25) is 5.96 Å². The number of hydrogen-bond donors (Lipinski definition) is 2. The molecule has 1 aliphatic rings. The largest absolute Gasteiger partial charge is 0.507 e. The highest BCUT2D eigenvalue weighted by Gasteiger charge is 2.20. The van der Waals surface area contributed by atoms with Crippen molar-refractivity contribution in [3.63, 3.8) is 0 Å². The third kappa shape index (κ3) is 4.40. The summed E-state index contributed by atoms with van der Waals surface area (Å²) in [5, 5.41) is 13.8. The van der Waals surface area contributed by atoms with Gasteiger partial charge in [-0.2, -0.15) is 13.5 Å². The molecule has 1 heterocycles. The van der Waals surface area contributed by atoms with E-state index < -0.39 is 10.0 Å². The topological polar surface area (TPSA) is 94.4 Å². The summed E-state index contributed by atoms with van der Waals surface area (Å²) in [6, 6.07) is 14.8. The SMILES string of the molecule is O=S(=O)(/N=C(/N/N=C/c1ccccc1O)N1CCCC1)c1ccccc1. The highest BCUT2D eigenvalue weighted by Crippen LogP contribution is 2.15. The van der Waals surface area contributed by atoms with Gasteiger partial charge >= 0.3 is 0 Å². The maximum absolute atomic E-state index is 12.5. The van der Waals surface area contributed by atoms with Crippen molar-refractivity contribution in [1.82, 2.24) is 10.3 Å². The molecule has 136 valence electrons. The predicted octanol–water partition coefficient (Wildman–Crippen LogP) is 2.16. The molecule has 1 fully saturated rings. The van der Waals surface area contributed by atoms with E-state index in [1.807, 2.05) is 4.90 Å². The van der Waals surface area contributed by atoms with Gasteiger partial charge < -0.3 is 10.0 Å². The minimum Gasteiger partial charge on any atom is -0.507 e. The molecule has 0 amide bonds. The van der Waals surface area contributed by atoms with E-state index in [9.17, 15) is 13.5 Å². The zero-order valence-electron chi connectivity index (χ0n) is 14.1. The number of hydrazone groups is 1. The van der Waals surface area contributed by atoms with E-state index in [1.54, 1.807) is 42.5 Å². The van der Waals surface area contributed by atoms with Crippen molar-refractivity contribution in [2.45, 2.75) is 17.7 Å². The summed E-state index contributed by atoms with van der Waals surface area (Å²) in [4.78, 5) is 1.98. The molecule has 0 unspecified atom stereocenters. The summed E-state index contributed by atoms with van der Waals surface area (Å²) < 4.78 is 29.0. The number of guanidine groups is 1. The Kier molecular flexibility index (Phi) is 5.52. The van der Waals surface area contributed by atoms with Crippen LogP contribution in [0.4, 0.5) is 0 Å². The first-order valence-corrected chi connectivity index (χ1v) is 9.72. The van der Waals surface area contributed by atoms with Crippen molar-refractivity contribution in [3.05, 3.63) is 60.2 Å². The lowest BCUT2D eigenvalue weighted by Crippen LogP contribution is -2.37. The molecule has 2 N–H and O–H groups in total. The summed E-state index contributed by atoms with van der Waals surface area (Å²) in [5.41, 5.74) is 3.24. The van der Waals surface area contributed by atoms with Gasteiger partial charge in [-0.1, -0.05) is 30.3 Å². The van der Waals surface area contributed by atoms with Gasteiger partial charge in [0.15, 0.2) is 0 Å². The Balaban J connectivity index is 1.85. The Bertz CT molecular complexity index is 905. The van der Waals surface area contributed by atoms with Gasteiger partial charge in [0.1, 0.15) is 5.75 Å². The zero-order chi connectivity index (χ0) is 18.4. The van der Waals surface area contributed by atoms with Crippen LogP contribution in [0, 0.1) is 0 Å². The number of nitrogens with zero attached hydrogens (tertiary/aromatic N) is 3. The number of nitrogens with one attached hydrogen (secondary N) is 1. The summed E-state index contributed by atoms with van der Waals surface area (Å²) in [6.07, 6.45) is 3.36. The van der Waals surface area contributed by atoms with Gasteiger partial charge in [0.05, 0.1) is 11.1 Å². The van der Waals surface area contributed by atoms with E-state index in [2.05, 4.69) is 14.9 Å². The summed E-state index contributed by atoms with van der Waals surface area (Å²) in [6.45, 7) is 1.42. The molecule has 2 aromatic rings. The van der Waals surface area contributed by atoms with Crippen LogP contribution in [0.3, 0.4) is 0 Å². The average Bonchev–Trinajstić information content (AvgIpc) is 3.18. The molecule has 3 rings (SSSR count). The molecule has 0 radical (unpaired) electrons. The second kappa shape index (κ2) is 8.01. The maximum atomic E-state index is 12.5. The van der Waals surface area contributed by atoms with E-state index >= 15 is 0 Å². The number of likely N-dealkylation sites (tertiary alicyclic amines) is 1. The fourth-order valence-corrected chi connectivity index (χ4v) is 3.58. The highest BCUT2D eigenvalue weighted by molar-refractivity contribution is 7.90. The third-order valence-electron chi connectivity index (χ3n) is 3.96. The van der Waals surface area contributed by atoms with Crippen LogP contribution in [0.1, 0.15) is 18.4 Å². The van der Waals surface area contributed by atoms with E-state index in [-0.39, 0.29) is 16.6 Å². The van der Waals surface area contributed by atoms with Crippen molar-refractivity contribution in [1.29, 1.82) is 0 Å². The minimum atomic E-state index is -3.84. The molecule has 1 aliphatic heterocycles. The lowest BCUT2D eigenvalue weighted by molar-refractivity contribution is 0.474. The minimum absolute atomic E-state index is 0.0922. The Morgan fingerprint density at radius 2 is 1.69 bits per heavy atom. The monoisotopic (exact) mass is 372 g/mol. The van der Waals surface area contributed by atoms with E-state index in [0.29, 0.717) is 18.7 Å². The molecule has 0 spiro atoms. The Labute approximate surface area is 152 Å². The van der Waals surface area contributed by atoms with Crippen LogP contribution in [0.25, 0.3) is 0 Å². The lowest BCUT2D eigenvalue weighted by atomic mass is 10.2. The van der Waals surface area contributed by atoms with Crippen LogP contribution in [-0.2, 0) is 10.0 Å². The van der Waals surface area contributed by atoms with Crippen LogP contribution < -0.4 is 5.43 Å². The second-order valence-corrected chi connectivity index (χ2v) is 7.43. The van der Waals surface area contributed by atoms with Crippen molar-refractivity contribution < 1.29 is 13.5 Å². The molecule has 26 heavy (non-hydrogen) atoms. The van der Waals surface area contributed by atoms with Gasteiger partial charge in [0.25, 0.3) is 10.0 Å². The Morgan fingerprint density at radius 3 is 2.38 bits per heavy atom. The van der Waals surface area contributed by atoms with Gasteiger partial charge in [0, 0.05) is 18.7 Å². The molecule has 0 aliphatic carbocycles. The van der Waals surface area contributed by atoms with Crippen molar-refractivity contribution in [2.75, 3.05) is 13.1 Å². The number of aromatic hydroxyl groups is 1. The normalized spacial score (nSPS) is 15.5. The molecule has 0 aromatic heterocycles. The van der Waals surface area contributed by atoms with E-state index in [0.717, 1.165) is 12.8 Å². The number of benzene rings is 2. The van der Waals surface area contributed by atoms with Gasteiger partial charge in [-0.05, 0) is 37.1 Å². The number of phenols is 1. The Morgan fingerprint density at radius 1 is 1.04 bits per heavy atom. The summed E-state index contributed by atoms with van der Waals surface area (Å²) in [7, 11) is -3.84. The first-order chi connectivity index (χ1) is 12.6. The number of hydrogen-bond acceptors (Lipinski definition) is 4. The molecule has 8 heteroatoms.